The summed E-state index contributed by atoms with van der Waals surface area (Å²) >= 11 is 0. The van der Waals surface area contributed by atoms with Crippen LogP contribution in [0.4, 0.5) is 0 Å². The molecule has 0 saturated heterocycles. The monoisotopic (exact) mass is 283 g/mol. The molecule has 0 radical (unpaired) electrons. The Hall–Kier alpha value is -2.30. The molecule has 1 fully saturated rings. The molecule has 0 atom stereocenters. The number of hydrogen-bond donors (Lipinski definition) is 2. The van der Waals surface area contributed by atoms with Gasteiger partial charge in [0.2, 0.25) is 0 Å². The molecule has 3 rings (SSSR count). The van der Waals surface area contributed by atoms with Crippen molar-refractivity contribution in [2.45, 2.75) is 32.0 Å². The van der Waals surface area contributed by atoms with Gasteiger partial charge in [-0.3, -0.25) is 4.99 Å². The lowest BCUT2D eigenvalue weighted by atomic mass is 10.2. The second kappa shape index (κ2) is 6.43. The van der Waals surface area contributed by atoms with Gasteiger partial charge in [0.25, 0.3) is 0 Å². The van der Waals surface area contributed by atoms with Crippen LogP contribution in [-0.2, 0) is 13.1 Å². The van der Waals surface area contributed by atoms with E-state index in [1.54, 1.807) is 7.05 Å². The Morgan fingerprint density at radius 3 is 2.86 bits per heavy atom. The summed E-state index contributed by atoms with van der Waals surface area (Å²) in [4.78, 5) is 8.67. The molecule has 1 saturated carbocycles. The van der Waals surface area contributed by atoms with Crippen LogP contribution in [-0.4, -0.2) is 28.6 Å². The molecule has 0 bridgehead atoms. The van der Waals surface area contributed by atoms with E-state index >= 15 is 0 Å². The van der Waals surface area contributed by atoms with Crippen molar-refractivity contribution < 1.29 is 0 Å². The van der Waals surface area contributed by atoms with Crippen LogP contribution in [0.2, 0.25) is 0 Å². The lowest BCUT2D eigenvalue weighted by Gasteiger charge is -2.12. The SMILES string of the molecule is CN=C(NCc1nccn1Cc1ccccc1)NC1CC1. The number of hydrogen-bond acceptors (Lipinski definition) is 2. The highest BCUT2D eigenvalue weighted by atomic mass is 15.2. The van der Waals surface area contributed by atoms with Gasteiger partial charge in [0, 0.05) is 32.0 Å². The van der Waals surface area contributed by atoms with Crippen molar-refractivity contribution in [2.24, 2.45) is 4.99 Å². The largest absolute Gasteiger partial charge is 0.354 e. The summed E-state index contributed by atoms with van der Waals surface area (Å²) in [5, 5.41) is 6.70. The van der Waals surface area contributed by atoms with E-state index in [4.69, 9.17) is 0 Å². The van der Waals surface area contributed by atoms with Crippen molar-refractivity contribution in [1.82, 2.24) is 20.2 Å². The maximum absolute atomic E-state index is 4.43. The van der Waals surface area contributed by atoms with E-state index in [0.29, 0.717) is 12.6 Å². The fourth-order valence-corrected chi connectivity index (χ4v) is 2.21. The molecule has 21 heavy (non-hydrogen) atoms. The number of aromatic nitrogens is 2. The molecule has 110 valence electrons. The smallest absolute Gasteiger partial charge is 0.191 e. The van der Waals surface area contributed by atoms with Gasteiger partial charge >= 0.3 is 0 Å². The molecule has 0 spiro atoms. The number of benzene rings is 1. The quantitative estimate of drug-likeness (QED) is 0.649. The minimum atomic E-state index is 0.597. The molecule has 0 aliphatic heterocycles. The Bertz CT molecular complexity index is 598. The van der Waals surface area contributed by atoms with Crippen LogP contribution in [0.1, 0.15) is 24.2 Å². The molecule has 2 N–H and O–H groups in total. The molecular formula is C16H21N5. The molecular weight excluding hydrogens is 262 g/mol. The van der Waals surface area contributed by atoms with Gasteiger partial charge in [-0.25, -0.2) is 4.98 Å². The zero-order valence-corrected chi connectivity index (χ0v) is 12.3. The maximum atomic E-state index is 4.43. The Morgan fingerprint density at radius 1 is 1.33 bits per heavy atom. The number of guanidine groups is 1. The third-order valence-corrected chi connectivity index (χ3v) is 3.55. The number of nitrogens with zero attached hydrogens (tertiary/aromatic N) is 3. The Balaban J connectivity index is 1.59. The predicted molar refractivity (Wildman–Crippen MR) is 84.1 cm³/mol. The highest BCUT2D eigenvalue weighted by Gasteiger charge is 2.22. The summed E-state index contributed by atoms with van der Waals surface area (Å²) < 4.78 is 2.16. The van der Waals surface area contributed by atoms with Crippen molar-refractivity contribution in [3.05, 3.63) is 54.1 Å². The van der Waals surface area contributed by atoms with Crippen LogP contribution in [0.5, 0.6) is 0 Å². The van der Waals surface area contributed by atoms with Gasteiger partial charge in [0.1, 0.15) is 5.82 Å². The molecule has 5 nitrogen and oxygen atoms in total. The molecule has 1 heterocycles. The van der Waals surface area contributed by atoms with Crippen LogP contribution in [0, 0.1) is 0 Å². The van der Waals surface area contributed by atoms with Crippen molar-refractivity contribution in [3.8, 4) is 0 Å². The van der Waals surface area contributed by atoms with Gasteiger partial charge < -0.3 is 15.2 Å². The Labute approximate surface area is 125 Å². The van der Waals surface area contributed by atoms with Crippen LogP contribution in [0.15, 0.2) is 47.7 Å². The minimum absolute atomic E-state index is 0.597. The highest BCUT2D eigenvalue weighted by Crippen LogP contribution is 2.18. The zero-order chi connectivity index (χ0) is 14.5. The summed E-state index contributed by atoms with van der Waals surface area (Å²) in [6.07, 6.45) is 6.34. The molecule has 5 heteroatoms. The highest BCUT2D eigenvalue weighted by molar-refractivity contribution is 5.80. The lowest BCUT2D eigenvalue weighted by Crippen LogP contribution is -2.38. The molecule has 1 aliphatic rings. The van der Waals surface area contributed by atoms with Gasteiger partial charge in [0.15, 0.2) is 5.96 Å². The second-order valence-electron chi connectivity index (χ2n) is 5.30. The summed E-state index contributed by atoms with van der Waals surface area (Å²) in [7, 11) is 1.80. The van der Waals surface area contributed by atoms with E-state index in [2.05, 4.69) is 49.4 Å². The van der Waals surface area contributed by atoms with Crippen molar-refractivity contribution >= 4 is 5.96 Å². The summed E-state index contributed by atoms with van der Waals surface area (Å²) in [5.74, 6) is 1.87. The van der Waals surface area contributed by atoms with Crippen molar-refractivity contribution in [2.75, 3.05) is 7.05 Å². The average molecular weight is 283 g/mol. The Kier molecular flexibility index (Phi) is 4.19. The van der Waals surface area contributed by atoms with Gasteiger partial charge in [-0.05, 0) is 18.4 Å². The fraction of sp³-hybridized carbons (Fsp3) is 0.375. The van der Waals surface area contributed by atoms with E-state index in [0.717, 1.165) is 18.3 Å². The van der Waals surface area contributed by atoms with Crippen LogP contribution in [0.3, 0.4) is 0 Å². The topological polar surface area (TPSA) is 54.2 Å². The van der Waals surface area contributed by atoms with E-state index in [1.807, 2.05) is 18.5 Å². The first-order valence-corrected chi connectivity index (χ1v) is 7.36. The number of aliphatic imine (C=N–C) groups is 1. The van der Waals surface area contributed by atoms with Gasteiger partial charge in [-0.15, -0.1) is 0 Å². The fourth-order valence-electron chi connectivity index (χ4n) is 2.21. The van der Waals surface area contributed by atoms with Crippen LogP contribution < -0.4 is 10.6 Å². The van der Waals surface area contributed by atoms with E-state index < -0.39 is 0 Å². The molecule has 0 amide bonds. The molecule has 1 aromatic carbocycles. The first-order valence-electron chi connectivity index (χ1n) is 7.36. The lowest BCUT2D eigenvalue weighted by molar-refractivity contribution is 0.687. The molecule has 1 aromatic heterocycles. The van der Waals surface area contributed by atoms with Gasteiger partial charge in [-0.1, -0.05) is 30.3 Å². The third-order valence-electron chi connectivity index (χ3n) is 3.55. The molecule has 1 aliphatic carbocycles. The standard InChI is InChI=1S/C16H21N5/c1-17-16(20-14-7-8-14)19-11-15-18-9-10-21(15)12-13-5-3-2-4-6-13/h2-6,9-10,14H,7-8,11-12H2,1H3,(H2,17,19,20). The molecule has 2 aromatic rings. The predicted octanol–water partition coefficient (Wildman–Crippen LogP) is 1.76. The minimum Gasteiger partial charge on any atom is -0.354 e. The van der Waals surface area contributed by atoms with Crippen LogP contribution >= 0.6 is 0 Å². The molecule has 0 unspecified atom stereocenters. The number of rotatable bonds is 5. The number of nitrogens with one attached hydrogen (secondary N) is 2. The van der Waals surface area contributed by atoms with Crippen molar-refractivity contribution in [1.29, 1.82) is 0 Å². The maximum Gasteiger partial charge on any atom is 0.191 e. The Morgan fingerprint density at radius 2 is 2.14 bits per heavy atom. The summed E-state index contributed by atoms with van der Waals surface area (Å²) in [6, 6.07) is 11.0. The number of imidazole rings is 1. The van der Waals surface area contributed by atoms with E-state index in [9.17, 15) is 0 Å². The zero-order valence-electron chi connectivity index (χ0n) is 12.3. The average Bonchev–Trinajstić information content (AvgIpc) is 3.23. The normalized spacial score (nSPS) is 15.0. The summed E-state index contributed by atoms with van der Waals surface area (Å²) in [6.45, 7) is 1.51. The first kappa shape index (κ1) is 13.7. The van der Waals surface area contributed by atoms with Gasteiger partial charge in [-0.2, -0.15) is 0 Å². The van der Waals surface area contributed by atoms with Crippen molar-refractivity contribution in [3.63, 3.8) is 0 Å². The van der Waals surface area contributed by atoms with E-state index in [-0.39, 0.29) is 0 Å². The summed E-state index contributed by atoms with van der Waals surface area (Å²) in [5.41, 5.74) is 1.28. The third kappa shape index (κ3) is 3.84. The van der Waals surface area contributed by atoms with Crippen LogP contribution in [0.25, 0.3) is 0 Å². The first-order chi connectivity index (χ1) is 10.3. The van der Waals surface area contributed by atoms with E-state index in [1.165, 1.54) is 18.4 Å². The second-order valence-corrected chi connectivity index (χ2v) is 5.30. The van der Waals surface area contributed by atoms with Gasteiger partial charge in [0.05, 0.1) is 6.54 Å².